The molecule has 0 fully saturated rings. The van der Waals surface area contributed by atoms with E-state index in [9.17, 15) is 32.5 Å². The van der Waals surface area contributed by atoms with Crippen molar-refractivity contribution in [1.29, 1.82) is 10.5 Å². The van der Waals surface area contributed by atoms with Gasteiger partial charge in [-0.2, -0.15) is 10.5 Å². The van der Waals surface area contributed by atoms with Gasteiger partial charge in [0.15, 0.2) is 23.3 Å². The Labute approximate surface area is 321 Å². The first-order valence-corrected chi connectivity index (χ1v) is 17.5. The van der Waals surface area contributed by atoms with Crippen LogP contribution in [0.1, 0.15) is 11.1 Å². The van der Waals surface area contributed by atoms with Crippen molar-refractivity contribution in [3.8, 4) is 68.2 Å². The molecule has 0 atom stereocenters. The fraction of sp³-hybridized carbons (Fsp3) is 0. The third kappa shape index (κ3) is 5.79. The molecule has 0 saturated heterocycles. The van der Waals surface area contributed by atoms with E-state index in [0.29, 0.717) is 66.8 Å². The predicted molar refractivity (Wildman–Crippen MR) is 209 cm³/mol. The van der Waals surface area contributed by atoms with Crippen LogP contribution in [0.2, 0.25) is 0 Å². The molecule has 0 amide bonds. The van der Waals surface area contributed by atoms with Crippen LogP contribution in [-0.4, -0.2) is 15.0 Å². The third-order valence-corrected chi connectivity index (χ3v) is 9.92. The predicted octanol–water partition coefficient (Wildman–Crippen LogP) is 12.1. The Morgan fingerprint density at radius 3 is 1.47 bits per heavy atom. The van der Waals surface area contributed by atoms with E-state index in [0.717, 1.165) is 21.9 Å². The molecule has 5 nitrogen and oxygen atoms in total. The summed E-state index contributed by atoms with van der Waals surface area (Å²) in [6.45, 7) is 0. The summed E-state index contributed by atoms with van der Waals surface area (Å²) in [5.41, 5.74) is 6.27. The van der Waals surface area contributed by atoms with E-state index >= 15 is 0 Å². The maximum atomic E-state index is 14.9. The molecule has 0 aliphatic heterocycles. The fourth-order valence-corrected chi connectivity index (χ4v) is 7.18. The molecule has 270 valence electrons. The van der Waals surface area contributed by atoms with Gasteiger partial charge in [0.05, 0.1) is 62.5 Å². The molecule has 0 N–H and O–H groups in total. The molecule has 0 saturated carbocycles. The maximum absolute atomic E-state index is 14.9. The molecule has 0 unspecified atom stereocenters. The number of fused-ring (bicyclic) bond motifs is 5. The van der Waals surface area contributed by atoms with E-state index in [4.69, 9.17) is 15.0 Å². The lowest BCUT2D eigenvalue weighted by Crippen LogP contribution is -2.04. The summed E-state index contributed by atoms with van der Waals surface area (Å²) in [7, 11) is 0. The Kier molecular flexibility index (Phi) is 8.45. The van der Waals surface area contributed by atoms with Crippen LogP contribution in [0.5, 0.6) is 0 Å². The second-order valence-corrected chi connectivity index (χ2v) is 13.2. The molecule has 9 aromatic rings. The first-order chi connectivity index (χ1) is 27.7. The molecule has 0 spiro atoms. The minimum absolute atomic E-state index is 0.221. The monoisotopic (exact) mass is 751 g/mol. The van der Waals surface area contributed by atoms with Crippen LogP contribution >= 0.6 is 0 Å². The standard InChI is InChI=1S/C47H22F5N5/c48-39-36(40(49)42(51)43(52)41(39)50)28-18-20-29(21-19-28)44-38-37(32-8-4-5-9-34(32)55-44)33(27-6-2-1-3-7-27)22-35-47(38)57-46(31-16-12-26(24-54)13-17-31)45(56-35)30-14-10-25(23-53)11-15-30/h1-22H. The molecule has 7 aromatic carbocycles. The van der Waals surface area contributed by atoms with Crippen molar-refractivity contribution in [3.05, 3.63) is 174 Å². The Bertz CT molecular complexity index is 3140. The van der Waals surface area contributed by atoms with Crippen molar-refractivity contribution in [3.63, 3.8) is 0 Å². The van der Waals surface area contributed by atoms with E-state index in [-0.39, 0.29) is 5.56 Å². The summed E-state index contributed by atoms with van der Waals surface area (Å²) in [5.74, 6) is -10.2. The van der Waals surface area contributed by atoms with Gasteiger partial charge < -0.3 is 0 Å². The van der Waals surface area contributed by atoms with Gasteiger partial charge >= 0.3 is 0 Å². The highest BCUT2D eigenvalue weighted by molar-refractivity contribution is 6.25. The van der Waals surface area contributed by atoms with Crippen LogP contribution in [0.3, 0.4) is 0 Å². The van der Waals surface area contributed by atoms with E-state index in [2.05, 4.69) is 12.1 Å². The number of rotatable bonds is 5. The van der Waals surface area contributed by atoms with Crippen molar-refractivity contribution in [2.45, 2.75) is 0 Å². The first-order valence-electron chi connectivity index (χ1n) is 17.5. The van der Waals surface area contributed by atoms with Gasteiger partial charge in [-0.15, -0.1) is 0 Å². The van der Waals surface area contributed by atoms with Gasteiger partial charge in [-0.05, 0) is 53.1 Å². The number of hydrogen-bond donors (Lipinski definition) is 0. The van der Waals surface area contributed by atoms with Crippen molar-refractivity contribution in [2.75, 3.05) is 0 Å². The van der Waals surface area contributed by atoms with Crippen molar-refractivity contribution in [1.82, 2.24) is 15.0 Å². The number of benzene rings is 7. The zero-order chi connectivity index (χ0) is 39.4. The summed E-state index contributed by atoms with van der Waals surface area (Å²) in [6, 6.07) is 43.1. The van der Waals surface area contributed by atoms with Crippen molar-refractivity contribution < 1.29 is 22.0 Å². The first kappa shape index (κ1) is 34.9. The average Bonchev–Trinajstić information content (AvgIpc) is 3.27. The molecule has 2 aromatic heterocycles. The van der Waals surface area contributed by atoms with Crippen molar-refractivity contribution >= 4 is 32.7 Å². The second kappa shape index (κ2) is 13.8. The summed E-state index contributed by atoms with van der Waals surface area (Å²) in [4.78, 5) is 15.7. The van der Waals surface area contributed by atoms with Crippen LogP contribution in [-0.2, 0) is 0 Å². The quantitative estimate of drug-likeness (QED) is 0.0756. The number of nitrogens with zero attached hydrogens (tertiary/aromatic N) is 5. The lowest BCUT2D eigenvalue weighted by Gasteiger charge is -2.18. The van der Waals surface area contributed by atoms with Gasteiger partial charge in [0.2, 0.25) is 5.82 Å². The lowest BCUT2D eigenvalue weighted by molar-refractivity contribution is 0.381. The van der Waals surface area contributed by atoms with E-state index in [1.807, 2.05) is 60.7 Å². The topological polar surface area (TPSA) is 86.2 Å². The van der Waals surface area contributed by atoms with Gasteiger partial charge in [0.25, 0.3) is 0 Å². The zero-order valence-electron chi connectivity index (χ0n) is 29.3. The third-order valence-electron chi connectivity index (χ3n) is 9.92. The number of halogens is 5. The van der Waals surface area contributed by atoms with Crippen LogP contribution < -0.4 is 0 Å². The van der Waals surface area contributed by atoms with Crippen LogP contribution in [0, 0.1) is 51.7 Å². The molecule has 0 aliphatic rings. The Morgan fingerprint density at radius 1 is 0.404 bits per heavy atom. The highest BCUT2D eigenvalue weighted by Gasteiger charge is 2.27. The molecule has 10 heteroatoms. The van der Waals surface area contributed by atoms with Crippen LogP contribution in [0.4, 0.5) is 22.0 Å². The average molecular weight is 752 g/mol. The largest absolute Gasteiger partial charge is 0.247 e. The molecule has 2 heterocycles. The fourth-order valence-electron chi connectivity index (χ4n) is 7.18. The molecule has 57 heavy (non-hydrogen) atoms. The second-order valence-electron chi connectivity index (χ2n) is 13.2. The van der Waals surface area contributed by atoms with Gasteiger partial charge in [0.1, 0.15) is 0 Å². The highest BCUT2D eigenvalue weighted by atomic mass is 19.2. The van der Waals surface area contributed by atoms with Crippen LogP contribution in [0.25, 0.3) is 88.7 Å². The summed E-state index contributed by atoms with van der Waals surface area (Å²) in [6.07, 6.45) is 0. The molecular formula is C47H22F5N5. The summed E-state index contributed by atoms with van der Waals surface area (Å²) in [5, 5.41) is 21.2. The molecule has 0 radical (unpaired) electrons. The number of aromatic nitrogens is 3. The Balaban J connectivity index is 1.40. The smallest absolute Gasteiger partial charge is 0.200 e. The molecule has 9 rings (SSSR count). The van der Waals surface area contributed by atoms with Gasteiger partial charge in [-0.1, -0.05) is 97.1 Å². The highest BCUT2D eigenvalue weighted by Crippen LogP contribution is 2.44. The molecule has 0 aliphatic carbocycles. The van der Waals surface area contributed by atoms with Gasteiger partial charge in [-0.3, -0.25) is 0 Å². The minimum atomic E-state index is -2.23. The number of pyridine rings is 1. The molecule has 0 bridgehead atoms. The van der Waals surface area contributed by atoms with Crippen LogP contribution in [0.15, 0.2) is 133 Å². The van der Waals surface area contributed by atoms with Gasteiger partial charge in [0, 0.05) is 32.8 Å². The zero-order valence-corrected chi connectivity index (χ0v) is 29.3. The molecular weight excluding hydrogens is 730 g/mol. The van der Waals surface area contributed by atoms with E-state index in [1.165, 1.54) is 24.3 Å². The van der Waals surface area contributed by atoms with Gasteiger partial charge in [-0.25, -0.2) is 36.9 Å². The SMILES string of the molecule is N#Cc1ccc(-c2nc3cc(-c4ccccc4)c4c5ccccc5nc(-c5ccc(-c6c(F)c(F)c(F)c(F)c6F)cc5)c4c3nc2-c2ccc(C#N)cc2)cc1. The number of para-hydroxylation sites is 1. The van der Waals surface area contributed by atoms with E-state index in [1.54, 1.807) is 48.5 Å². The Morgan fingerprint density at radius 2 is 0.877 bits per heavy atom. The summed E-state index contributed by atoms with van der Waals surface area (Å²) >= 11 is 0. The lowest BCUT2D eigenvalue weighted by atomic mass is 9.91. The Hall–Kier alpha value is -7.82. The summed E-state index contributed by atoms with van der Waals surface area (Å²) < 4.78 is 72.2. The van der Waals surface area contributed by atoms with Crippen molar-refractivity contribution in [2.24, 2.45) is 0 Å². The minimum Gasteiger partial charge on any atom is -0.247 e. The maximum Gasteiger partial charge on any atom is 0.200 e. The number of hydrogen-bond acceptors (Lipinski definition) is 5. The normalized spacial score (nSPS) is 11.2. The van der Waals surface area contributed by atoms with E-state index < -0.39 is 34.6 Å². The number of nitriles is 2.